The number of ketones is 1. The summed E-state index contributed by atoms with van der Waals surface area (Å²) in [7, 11) is 0. The van der Waals surface area contributed by atoms with Gasteiger partial charge in [0.1, 0.15) is 11.6 Å². The number of aromatic nitrogens is 3. The van der Waals surface area contributed by atoms with E-state index in [0.717, 1.165) is 49.2 Å². The number of hydrogen-bond acceptors (Lipinski definition) is 8. The molecule has 202 valence electrons. The lowest BCUT2D eigenvalue weighted by molar-refractivity contribution is -0.120. The van der Waals surface area contributed by atoms with Crippen molar-refractivity contribution in [2.24, 2.45) is 5.41 Å². The molecule has 2 saturated heterocycles. The molecule has 9 nitrogen and oxygen atoms in total. The average molecular weight is 539 g/mol. The molecule has 2 aliphatic heterocycles. The Bertz CT molecular complexity index is 1400. The van der Waals surface area contributed by atoms with Gasteiger partial charge in [-0.2, -0.15) is 4.98 Å². The molecule has 10 heteroatoms. The van der Waals surface area contributed by atoms with E-state index in [9.17, 15) is 9.59 Å². The predicted octanol–water partition coefficient (Wildman–Crippen LogP) is 4.71. The van der Waals surface area contributed by atoms with Gasteiger partial charge in [-0.25, -0.2) is 4.98 Å². The molecule has 0 amide bonds. The van der Waals surface area contributed by atoms with Gasteiger partial charge in [-0.05, 0) is 75.9 Å². The van der Waals surface area contributed by atoms with Crippen molar-refractivity contribution in [3.05, 3.63) is 45.8 Å². The van der Waals surface area contributed by atoms with Crippen LogP contribution >= 0.6 is 11.6 Å². The fourth-order valence-electron chi connectivity index (χ4n) is 5.48. The number of benzene rings is 1. The lowest BCUT2D eigenvalue weighted by Crippen LogP contribution is -2.38. The van der Waals surface area contributed by atoms with Crippen LogP contribution in [0.5, 0.6) is 5.75 Å². The molecule has 2 aromatic heterocycles. The third-order valence-corrected chi connectivity index (χ3v) is 7.96. The maximum absolute atomic E-state index is 13.1. The van der Waals surface area contributed by atoms with E-state index >= 15 is 0 Å². The Kier molecular flexibility index (Phi) is 7.59. The summed E-state index contributed by atoms with van der Waals surface area (Å²) in [5, 5.41) is 8.03. The van der Waals surface area contributed by atoms with Crippen molar-refractivity contribution in [1.82, 2.24) is 19.9 Å². The van der Waals surface area contributed by atoms with Crippen molar-refractivity contribution in [3.8, 4) is 5.75 Å². The van der Waals surface area contributed by atoms with Gasteiger partial charge in [0.15, 0.2) is 17.4 Å². The van der Waals surface area contributed by atoms with Crippen LogP contribution in [0, 0.1) is 5.41 Å². The van der Waals surface area contributed by atoms with Gasteiger partial charge in [-0.1, -0.05) is 18.5 Å². The van der Waals surface area contributed by atoms with E-state index in [0.29, 0.717) is 28.6 Å². The summed E-state index contributed by atoms with van der Waals surface area (Å²) in [6.07, 6.45) is 5.52. The fourth-order valence-corrected chi connectivity index (χ4v) is 5.62. The Labute approximate surface area is 227 Å². The molecule has 1 aromatic carbocycles. The first-order chi connectivity index (χ1) is 18.3. The number of halogens is 1. The molecule has 0 unspecified atom stereocenters. The van der Waals surface area contributed by atoms with E-state index in [1.54, 1.807) is 23.8 Å². The molecule has 4 heterocycles. The molecular weight excluding hydrogens is 504 g/mol. The van der Waals surface area contributed by atoms with Crippen LogP contribution in [0.4, 0.5) is 17.5 Å². The number of anilines is 3. The summed E-state index contributed by atoms with van der Waals surface area (Å²) < 4.78 is 7.32. The molecule has 0 aliphatic carbocycles. The molecule has 1 spiro atoms. The van der Waals surface area contributed by atoms with Crippen molar-refractivity contribution in [3.63, 3.8) is 0 Å². The SMILES string of the molecule is CCC(=O)COc1cc2cc(Nc3nc(N4CCC5(CCNCC5)C4)ncc3Cl)ccc2n(C(C)C)c1=O. The van der Waals surface area contributed by atoms with Gasteiger partial charge in [-0.15, -0.1) is 0 Å². The van der Waals surface area contributed by atoms with Gasteiger partial charge in [0, 0.05) is 36.6 Å². The third kappa shape index (κ3) is 5.35. The molecule has 2 fully saturated rings. The average Bonchev–Trinajstić information content (AvgIpc) is 3.31. The van der Waals surface area contributed by atoms with E-state index in [1.165, 1.54) is 12.8 Å². The van der Waals surface area contributed by atoms with Crippen LogP contribution in [0.2, 0.25) is 5.02 Å². The maximum atomic E-state index is 13.1. The highest BCUT2D eigenvalue weighted by Gasteiger charge is 2.39. The number of carbonyl (C=O) groups is 1. The first-order valence-corrected chi connectivity index (χ1v) is 13.8. The minimum absolute atomic E-state index is 0.0608. The number of fused-ring (bicyclic) bond motifs is 1. The van der Waals surface area contributed by atoms with Gasteiger partial charge in [0.25, 0.3) is 5.56 Å². The Morgan fingerprint density at radius 2 is 2.03 bits per heavy atom. The van der Waals surface area contributed by atoms with Crippen molar-refractivity contribution in [1.29, 1.82) is 0 Å². The Morgan fingerprint density at radius 3 is 2.76 bits per heavy atom. The van der Waals surface area contributed by atoms with Gasteiger partial charge in [0.05, 0.1) is 11.7 Å². The van der Waals surface area contributed by atoms with Crippen LogP contribution in [0.15, 0.2) is 35.3 Å². The molecule has 2 aliphatic rings. The zero-order valence-corrected chi connectivity index (χ0v) is 23.0. The van der Waals surface area contributed by atoms with Gasteiger partial charge in [0.2, 0.25) is 5.95 Å². The number of pyridine rings is 1. The molecule has 0 saturated carbocycles. The molecule has 0 bridgehead atoms. The highest BCUT2D eigenvalue weighted by atomic mass is 35.5. The van der Waals surface area contributed by atoms with E-state index in [1.807, 2.05) is 32.0 Å². The van der Waals surface area contributed by atoms with Crippen LogP contribution in [-0.4, -0.2) is 53.1 Å². The van der Waals surface area contributed by atoms with Crippen molar-refractivity contribution < 1.29 is 9.53 Å². The fraction of sp³-hybridized carbons (Fsp3) is 0.500. The number of piperidine rings is 1. The minimum Gasteiger partial charge on any atom is -0.480 e. The number of nitrogens with zero attached hydrogens (tertiary/aromatic N) is 4. The maximum Gasteiger partial charge on any atom is 0.293 e. The Hall–Kier alpha value is -3.17. The predicted molar refractivity (Wildman–Crippen MR) is 151 cm³/mol. The molecule has 0 atom stereocenters. The summed E-state index contributed by atoms with van der Waals surface area (Å²) in [6, 6.07) is 7.34. The van der Waals surface area contributed by atoms with E-state index in [-0.39, 0.29) is 29.7 Å². The van der Waals surface area contributed by atoms with Crippen LogP contribution in [0.3, 0.4) is 0 Å². The molecule has 5 rings (SSSR count). The Balaban J connectivity index is 1.42. The molecular formula is C28H35ClN6O3. The lowest BCUT2D eigenvalue weighted by atomic mass is 9.78. The number of hydrogen-bond donors (Lipinski definition) is 2. The number of Topliss-reactive ketones (excluding diaryl/α,β-unsaturated/α-hetero) is 1. The Morgan fingerprint density at radius 1 is 1.24 bits per heavy atom. The van der Waals surface area contributed by atoms with Crippen molar-refractivity contribution in [2.75, 3.05) is 43.0 Å². The highest BCUT2D eigenvalue weighted by Crippen LogP contribution is 2.40. The number of carbonyl (C=O) groups excluding carboxylic acids is 1. The second-order valence-electron chi connectivity index (χ2n) is 10.6. The largest absolute Gasteiger partial charge is 0.480 e. The number of ether oxygens (including phenoxy) is 1. The smallest absolute Gasteiger partial charge is 0.293 e. The summed E-state index contributed by atoms with van der Waals surface area (Å²) >= 11 is 6.50. The first-order valence-electron chi connectivity index (χ1n) is 13.4. The summed E-state index contributed by atoms with van der Waals surface area (Å²) in [4.78, 5) is 36.5. The molecule has 2 N–H and O–H groups in total. The van der Waals surface area contributed by atoms with Gasteiger partial charge < -0.3 is 24.8 Å². The summed E-state index contributed by atoms with van der Waals surface area (Å²) in [6.45, 7) is 9.57. The van der Waals surface area contributed by atoms with E-state index < -0.39 is 0 Å². The normalized spacial score (nSPS) is 16.9. The van der Waals surface area contributed by atoms with Crippen molar-refractivity contribution in [2.45, 2.75) is 52.5 Å². The monoisotopic (exact) mass is 538 g/mol. The van der Waals surface area contributed by atoms with Crippen LogP contribution in [-0.2, 0) is 4.79 Å². The van der Waals surface area contributed by atoms with Crippen molar-refractivity contribution >= 4 is 45.7 Å². The van der Waals surface area contributed by atoms with E-state index in [2.05, 4.69) is 20.5 Å². The van der Waals surface area contributed by atoms with Gasteiger partial charge >= 0.3 is 0 Å². The third-order valence-electron chi connectivity index (χ3n) is 7.68. The lowest BCUT2D eigenvalue weighted by Gasteiger charge is -2.33. The first kappa shape index (κ1) is 26.4. The highest BCUT2D eigenvalue weighted by molar-refractivity contribution is 6.32. The summed E-state index contributed by atoms with van der Waals surface area (Å²) in [5.74, 6) is 1.31. The molecule has 38 heavy (non-hydrogen) atoms. The zero-order chi connectivity index (χ0) is 26.9. The number of nitrogens with one attached hydrogen (secondary N) is 2. The van der Waals surface area contributed by atoms with Crippen LogP contribution in [0.25, 0.3) is 10.9 Å². The molecule has 3 aromatic rings. The second kappa shape index (κ2) is 10.9. The molecule has 0 radical (unpaired) electrons. The zero-order valence-electron chi connectivity index (χ0n) is 22.2. The number of rotatable bonds is 8. The van der Waals surface area contributed by atoms with Gasteiger partial charge in [-0.3, -0.25) is 9.59 Å². The van der Waals surface area contributed by atoms with E-state index in [4.69, 9.17) is 21.3 Å². The standard InChI is InChI=1S/C28H35ClN6O3/c1-4-21(36)16-38-24-14-19-13-20(5-6-23(19)35(18(2)3)26(24)37)32-25-22(29)15-31-27(33-25)34-12-9-28(17-34)7-10-30-11-8-28/h5-6,13-15,18,30H,4,7-12,16-17H2,1-3H3,(H,31,32,33). The summed E-state index contributed by atoms with van der Waals surface area (Å²) in [5.41, 5.74) is 1.64. The van der Waals surface area contributed by atoms with Crippen LogP contribution < -0.4 is 25.8 Å². The quantitative estimate of drug-likeness (QED) is 0.425. The van der Waals surface area contributed by atoms with Crippen LogP contribution in [0.1, 0.15) is 52.5 Å². The topological polar surface area (TPSA) is 101 Å². The minimum atomic E-state index is -0.252. The second-order valence-corrected chi connectivity index (χ2v) is 11.1.